The molecule has 3 rings (SSSR count). The van der Waals surface area contributed by atoms with Crippen molar-refractivity contribution in [2.75, 3.05) is 16.5 Å². The molecule has 0 fully saturated rings. The molecule has 148 valence electrons. The Bertz CT molecular complexity index is 904. The van der Waals surface area contributed by atoms with E-state index in [2.05, 4.69) is 84.9 Å². The van der Waals surface area contributed by atoms with E-state index in [9.17, 15) is 0 Å². The number of hydrogen-bond donors (Lipinski definition) is 0. The molecule has 2 aromatic carbocycles. The SMILES string of the molecule is C=C(C)c1cccc(C(=C)C)c1N1C=CN(c2c(C(=C)C)cccc2C(=C)C)C1. The predicted molar refractivity (Wildman–Crippen MR) is 131 cm³/mol. The van der Waals surface area contributed by atoms with E-state index in [-0.39, 0.29) is 0 Å². The maximum Gasteiger partial charge on any atom is 0.0990 e. The van der Waals surface area contributed by atoms with Crippen LogP contribution in [-0.4, -0.2) is 6.67 Å². The lowest BCUT2D eigenvalue weighted by Crippen LogP contribution is -2.27. The number of hydrogen-bond acceptors (Lipinski definition) is 2. The highest BCUT2D eigenvalue weighted by Gasteiger charge is 2.24. The summed E-state index contributed by atoms with van der Waals surface area (Å²) in [6.07, 6.45) is 4.26. The fourth-order valence-corrected chi connectivity index (χ4v) is 3.79. The molecule has 0 atom stereocenters. The maximum absolute atomic E-state index is 4.19. The number of benzene rings is 2. The Morgan fingerprint density at radius 3 is 1.10 bits per heavy atom. The van der Waals surface area contributed by atoms with Gasteiger partial charge in [-0.25, -0.2) is 0 Å². The number of nitrogens with zero attached hydrogens (tertiary/aromatic N) is 2. The van der Waals surface area contributed by atoms with Crippen LogP contribution < -0.4 is 9.80 Å². The minimum absolute atomic E-state index is 0.704. The molecule has 0 unspecified atom stereocenters. The van der Waals surface area contributed by atoms with Gasteiger partial charge in [-0.1, -0.05) is 62.7 Å². The van der Waals surface area contributed by atoms with Crippen molar-refractivity contribution in [3.63, 3.8) is 0 Å². The van der Waals surface area contributed by atoms with Crippen LogP contribution in [0.5, 0.6) is 0 Å². The number of para-hydroxylation sites is 2. The smallest absolute Gasteiger partial charge is 0.0990 e. The summed E-state index contributed by atoms with van der Waals surface area (Å²) in [4.78, 5) is 4.54. The van der Waals surface area contributed by atoms with E-state index in [1.165, 1.54) is 0 Å². The molecule has 1 aliphatic heterocycles. The monoisotopic (exact) mass is 382 g/mol. The minimum atomic E-state index is 0.704. The van der Waals surface area contributed by atoms with Gasteiger partial charge < -0.3 is 9.80 Å². The molecule has 0 spiro atoms. The zero-order valence-electron chi connectivity index (χ0n) is 18.0. The van der Waals surface area contributed by atoms with Crippen molar-refractivity contribution in [2.45, 2.75) is 27.7 Å². The van der Waals surface area contributed by atoms with Crippen molar-refractivity contribution in [1.82, 2.24) is 0 Å². The Hall–Kier alpha value is -3.26. The van der Waals surface area contributed by atoms with Crippen LogP contribution in [0.4, 0.5) is 11.4 Å². The lowest BCUT2D eigenvalue weighted by molar-refractivity contribution is 0.968. The van der Waals surface area contributed by atoms with E-state index < -0.39 is 0 Å². The third-order valence-corrected chi connectivity index (χ3v) is 5.22. The Morgan fingerprint density at radius 1 is 0.586 bits per heavy atom. The normalized spacial score (nSPS) is 13.0. The second-order valence-corrected chi connectivity index (χ2v) is 7.90. The fourth-order valence-electron chi connectivity index (χ4n) is 3.79. The van der Waals surface area contributed by atoms with Gasteiger partial charge in [0.1, 0.15) is 0 Å². The van der Waals surface area contributed by atoms with E-state index in [0.717, 1.165) is 55.9 Å². The quantitative estimate of drug-likeness (QED) is 0.508. The number of allylic oxidation sites excluding steroid dienone is 4. The van der Waals surface area contributed by atoms with Crippen molar-refractivity contribution >= 4 is 33.7 Å². The van der Waals surface area contributed by atoms with Crippen molar-refractivity contribution in [3.05, 3.63) is 97.4 Å². The van der Waals surface area contributed by atoms with Gasteiger partial charge in [0.05, 0.1) is 18.0 Å². The zero-order valence-corrected chi connectivity index (χ0v) is 18.0. The van der Waals surface area contributed by atoms with Crippen molar-refractivity contribution in [3.8, 4) is 0 Å². The Balaban J connectivity index is 2.09. The highest BCUT2D eigenvalue weighted by molar-refractivity contribution is 5.89. The van der Waals surface area contributed by atoms with E-state index in [1.807, 2.05) is 27.7 Å². The van der Waals surface area contributed by atoms with Gasteiger partial charge in [0.25, 0.3) is 0 Å². The maximum atomic E-state index is 4.19. The summed E-state index contributed by atoms with van der Waals surface area (Å²) in [5.74, 6) is 0. The molecule has 0 bridgehead atoms. The van der Waals surface area contributed by atoms with Gasteiger partial charge in [-0.2, -0.15) is 0 Å². The zero-order chi connectivity index (χ0) is 21.3. The van der Waals surface area contributed by atoms with Crippen LogP contribution in [0.1, 0.15) is 49.9 Å². The van der Waals surface area contributed by atoms with Gasteiger partial charge in [-0.3, -0.25) is 0 Å². The number of rotatable bonds is 6. The molecule has 0 amide bonds. The van der Waals surface area contributed by atoms with Gasteiger partial charge in [0, 0.05) is 34.7 Å². The van der Waals surface area contributed by atoms with E-state index in [0.29, 0.717) is 6.67 Å². The van der Waals surface area contributed by atoms with Crippen LogP contribution >= 0.6 is 0 Å². The lowest BCUT2D eigenvalue weighted by Gasteiger charge is -2.28. The summed E-state index contributed by atoms with van der Waals surface area (Å²) in [7, 11) is 0. The Kier molecular flexibility index (Phi) is 5.65. The van der Waals surface area contributed by atoms with Crippen molar-refractivity contribution in [1.29, 1.82) is 0 Å². The molecule has 0 aromatic heterocycles. The minimum Gasteiger partial charge on any atom is -0.327 e. The summed E-state index contributed by atoms with van der Waals surface area (Å²) in [5.41, 5.74) is 11.0. The van der Waals surface area contributed by atoms with Crippen LogP contribution in [-0.2, 0) is 0 Å². The van der Waals surface area contributed by atoms with E-state index >= 15 is 0 Å². The lowest BCUT2D eigenvalue weighted by atomic mass is 9.97. The van der Waals surface area contributed by atoms with Crippen molar-refractivity contribution in [2.24, 2.45) is 0 Å². The van der Waals surface area contributed by atoms with E-state index in [1.54, 1.807) is 0 Å². The molecular formula is C27H30N2. The fraction of sp³-hybridized carbons (Fsp3) is 0.185. The Morgan fingerprint density at radius 2 is 0.862 bits per heavy atom. The summed E-state index contributed by atoms with van der Waals surface area (Å²) in [6.45, 7) is 25.7. The first-order valence-corrected chi connectivity index (χ1v) is 9.83. The molecular weight excluding hydrogens is 352 g/mol. The first-order valence-electron chi connectivity index (χ1n) is 9.83. The second kappa shape index (κ2) is 8.00. The van der Waals surface area contributed by atoms with Crippen LogP contribution in [0.3, 0.4) is 0 Å². The standard InChI is InChI=1S/C27H30N2/c1-18(2)22-11-9-12-23(19(3)4)26(22)28-15-16-29(17-28)27-24(20(5)6)13-10-14-25(27)21(7)8/h9-16H,1,3,5,7,17H2,2,4,6,8H3. The molecule has 0 saturated heterocycles. The molecule has 0 aliphatic carbocycles. The average molecular weight is 383 g/mol. The van der Waals surface area contributed by atoms with Gasteiger partial charge in [0.15, 0.2) is 0 Å². The average Bonchev–Trinajstić information content (AvgIpc) is 3.15. The van der Waals surface area contributed by atoms with Gasteiger partial charge in [-0.15, -0.1) is 0 Å². The third kappa shape index (κ3) is 3.84. The van der Waals surface area contributed by atoms with Gasteiger partial charge >= 0.3 is 0 Å². The molecule has 0 radical (unpaired) electrons. The molecule has 2 heteroatoms. The summed E-state index contributed by atoms with van der Waals surface area (Å²) >= 11 is 0. The first kappa shape index (κ1) is 20.5. The van der Waals surface area contributed by atoms with Crippen LogP contribution in [0.15, 0.2) is 75.1 Å². The van der Waals surface area contributed by atoms with Crippen LogP contribution in [0, 0.1) is 0 Å². The second-order valence-electron chi connectivity index (χ2n) is 7.90. The first-order chi connectivity index (χ1) is 13.7. The van der Waals surface area contributed by atoms with E-state index in [4.69, 9.17) is 0 Å². The van der Waals surface area contributed by atoms with Crippen molar-refractivity contribution < 1.29 is 0 Å². The molecule has 0 saturated carbocycles. The molecule has 2 nitrogen and oxygen atoms in total. The molecule has 0 N–H and O–H groups in total. The molecule has 2 aromatic rings. The number of anilines is 2. The summed E-state index contributed by atoms with van der Waals surface area (Å²) in [5, 5.41) is 0. The summed E-state index contributed by atoms with van der Waals surface area (Å²) in [6, 6.07) is 12.7. The topological polar surface area (TPSA) is 6.48 Å². The molecule has 1 heterocycles. The third-order valence-electron chi connectivity index (χ3n) is 5.22. The van der Waals surface area contributed by atoms with Gasteiger partial charge in [0.2, 0.25) is 0 Å². The van der Waals surface area contributed by atoms with Gasteiger partial charge in [-0.05, 0) is 50.0 Å². The highest BCUT2D eigenvalue weighted by atomic mass is 15.3. The molecule has 29 heavy (non-hydrogen) atoms. The summed E-state index contributed by atoms with van der Waals surface area (Å²) < 4.78 is 0. The molecule has 1 aliphatic rings. The van der Waals surface area contributed by atoms with Crippen LogP contribution in [0.25, 0.3) is 22.3 Å². The van der Waals surface area contributed by atoms with Crippen LogP contribution in [0.2, 0.25) is 0 Å². The largest absolute Gasteiger partial charge is 0.327 e. The predicted octanol–water partition coefficient (Wildman–Crippen LogP) is 7.57. The Labute approximate surface area is 175 Å². The highest BCUT2D eigenvalue weighted by Crippen LogP contribution is 2.39.